The second-order valence-corrected chi connectivity index (χ2v) is 7.33. The van der Waals surface area contributed by atoms with Crippen molar-refractivity contribution in [1.82, 2.24) is 14.7 Å². The third-order valence-corrected chi connectivity index (χ3v) is 5.27. The van der Waals surface area contributed by atoms with Gasteiger partial charge in [-0.1, -0.05) is 6.92 Å². The third-order valence-electron chi connectivity index (χ3n) is 5.27. The number of rotatable bonds is 5. The van der Waals surface area contributed by atoms with Gasteiger partial charge >= 0.3 is 0 Å². The van der Waals surface area contributed by atoms with Gasteiger partial charge in [0.1, 0.15) is 17.3 Å². The molecule has 10 heteroatoms. The number of alkyl halides is 1. The fraction of sp³-hybridized carbons (Fsp3) is 0.611. The number of carbonyl (C=O) groups is 2. The number of carbonyl (C=O) groups excluding carboxylic acids is 2. The number of nitrogens with one attached hydrogen (secondary N) is 1. The Bertz CT molecular complexity index is 812. The first-order valence-electron chi connectivity index (χ1n) is 8.98. The normalized spacial score (nSPS) is 28.8. The molecule has 28 heavy (non-hydrogen) atoms. The number of piperidine rings is 1. The molecule has 2 heterocycles. The van der Waals surface area contributed by atoms with Gasteiger partial charge in [-0.2, -0.15) is 15.6 Å². The molecule has 0 spiro atoms. The molecule has 150 valence electrons. The van der Waals surface area contributed by atoms with E-state index in [1.54, 1.807) is 7.05 Å². The lowest BCUT2D eigenvalue weighted by Gasteiger charge is -2.42. The van der Waals surface area contributed by atoms with E-state index >= 15 is 0 Å². The van der Waals surface area contributed by atoms with Crippen LogP contribution in [0.15, 0.2) is 6.20 Å². The van der Waals surface area contributed by atoms with E-state index in [9.17, 15) is 14.0 Å². The van der Waals surface area contributed by atoms with Crippen molar-refractivity contribution in [3.05, 3.63) is 11.8 Å². The minimum absolute atomic E-state index is 0.0180. The van der Waals surface area contributed by atoms with Crippen LogP contribution < -0.4 is 11.1 Å². The fourth-order valence-electron chi connectivity index (χ4n) is 3.20. The number of halogens is 1. The van der Waals surface area contributed by atoms with Crippen LogP contribution in [0.1, 0.15) is 36.5 Å². The van der Waals surface area contributed by atoms with Crippen LogP contribution >= 0.6 is 0 Å². The largest absolute Gasteiger partial charge is 0.365 e. The zero-order valence-electron chi connectivity index (χ0n) is 15.9. The number of nitrogens with two attached hydrogens (primary N) is 1. The van der Waals surface area contributed by atoms with Gasteiger partial charge in [0.05, 0.1) is 18.6 Å². The van der Waals surface area contributed by atoms with E-state index < -0.39 is 17.6 Å². The second-order valence-electron chi connectivity index (χ2n) is 7.33. The maximum absolute atomic E-state index is 14.7. The van der Waals surface area contributed by atoms with Crippen LogP contribution in [0, 0.1) is 34.5 Å². The van der Waals surface area contributed by atoms with E-state index in [1.165, 1.54) is 10.9 Å². The van der Waals surface area contributed by atoms with E-state index in [2.05, 4.69) is 23.4 Å². The summed E-state index contributed by atoms with van der Waals surface area (Å²) >= 11 is 0. The number of anilines is 1. The van der Waals surface area contributed by atoms with Crippen molar-refractivity contribution in [1.29, 1.82) is 10.5 Å². The van der Waals surface area contributed by atoms with E-state index in [0.717, 1.165) is 6.42 Å². The molecule has 1 aromatic heterocycles. The molecular weight excluding hydrogens is 365 g/mol. The van der Waals surface area contributed by atoms with E-state index in [0.29, 0.717) is 31.2 Å². The summed E-state index contributed by atoms with van der Waals surface area (Å²) in [7, 11) is 1.79. The predicted octanol–water partition coefficient (Wildman–Crippen LogP) is 0.999. The van der Waals surface area contributed by atoms with E-state index in [-0.39, 0.29) is 24.3 Å². The molecule has 4 unspecified atom stereocenters. The summed E-state index contributed by atoms with van der Waals surface area (Å²) in [5.74, 6) is 0.289. The number of nitrogens with zero attached hydrogens (tertiary/aromatic N) is 5. The van der Waals surface area contributed by atoms with Crippen molar-refractivity contribution >= 4 is 18.1 Å². The van der Waals surface area contributed by atoms with Crippen LogP contribution in [0.2, 0.25) is 0 Å². The summed E-state index contributed by atoms with van der Waals surface area (Å²) in [6, 6.07) is 4.18. The van der Waals surface area contributed by atoms with Crippen molar-refractivity contribution in [2.45, 2.75) is 37.9 Å². The molecule has 2 aliphatic rings. The lowest BCUT2D eigenvalue weighted by molar-refractivity contribution is -0.105. The molecule has 2 amide bonds. The molecule has 1 saturated heterocycles. The number of hydrogen-bond donors (Lipinski definition) is 2. The number of amides is 2. The summed E-state index contributed by atoms with van der Waals surface area (Å²) in [5, 5.41) is 23.6. The summed E-state index contributed by atoms with van der Waals surface area (Å²) < 4.78 is 16.0. The number of hydrogen-bond acceptors (Lipinski definition) is 6. The van der Waals surface area contributed by atoms with Crippen LogP contribution in [0.25, 0.3) is 0 Å². The molecule has 1 aromatic rings. The zero-order valence-corrected chi connectivity index (χ0v) is 15.9. The van der Waals surface area contributed by atoms with E-state index in [1.807, 2.05) is 11.0 Å². The fourth-order valence-corrected chi connectivity index (χ4v) is 3.20. The molecule has 2 fully saturated rings. The van der Waals surface area contributed by atoms with Crippen LogP contribution in [0.3, 0.4) is 0 Å². The quantitative estimate of drug-likeness (QED) is 0.720. The Labute approximate surface area is 162 Å². The minimum Gasteiger partial charge on any atom is -0.365 e. The smallest absolute Gasteiger partial charge is 0.254 e. The number of likely N-dealkylation sites (tertiary alicyclic amines) is 1. The molecule has 0 bridgehead atoms. The highest BCUT2D eigenvalue weighted by Gasteiger charge is 2.46. The number of aromatic nitrogens is 2. The van der Waals surface area contributed by atoms with Gasteiger partial charge in [-0.15, -0.1) is 0 Å². The molecule has 1 aliphatic heterocycles. The molecular formula is C18H24FN7O2. The van der Waals surface area contributed by atoms with Crippen LogP contribution in [-0.2, 0) is 10.3 Å². The van der Waals surface area contributed by atoms with Gasteiger partial charge in [0, 0.05) is 25.2 Å². The molecule has 0 aromatic carbocycles. The summed E-state index contributed by atoms with van der Waals surface area (Å²) in [5.41, 5.74) is 4.06. The summed E-state index contributed by atoms with van der Waals surface area (Å²) in [6.07, 6.45) is 1.72. The maximum atomic E-state index is 14.7. The Morgan fingerprint density at radius 2 is 2.25 bits per heavy atom. The van der Waals surface area contributed by atoms with Gasteiger partial charge in [-0.05, 0) is 25.8 Å². The standard InChI is InChI=1S/C13H17FN6O2.C5H7N/c1-19-5-3-13(2-4-15,10(14)7-19)20-6-9(11(16)22)12(18-20)17-8-21;1-4-2-5(4)3-6/h6,8,10H,2-3,5,7H2,1H3,(H2,16,22)(H,17,18,21);4-5H,2H2,1H3. The minimum atomic E-state index is -1.34. The number of primary amides is 1. The highest BCUT2D eigenvalue weighted by molar-refractivity contribution is 5.99. The first-order chi connectivity index (χ1) is 13.3. The Morgan fingerprint density at radius 1 is 1.57 bits per heavy atom. The average molecular weight is 389 g/mol. The van der Waals surface area contributed by atoms with Gasteiger partial charge in [0.2, 0.25) is 6.41 Å². The van der Waals surface area contributed by atoms with Gasteiger partial charge in [-0.25, -0.2) is 4.39 Å². The zero-order chi connectivity index (χ0) is 20.9. The predicted molar refractivity (Wildman–Crippen MR) is 98.5 cm³/mol. The Balaban J connectivity index is 0.000000397. The van der Waals surface area contributed by atoms with Crippen molar-refractivity contribution in [3.8, 4) is 12.1 Å². The van der Waals surface area contributed by atoms with Crippen LogP contribution in [0.4, 0.5) is 10.2 Å². The molecule has 1 aliphatic carbocycles. The van der Waals surface area contributed by atoms with Crippen molar-refractivity contribution in [3.63, 3.8) is 0 Å². The topological polar surface area (TPSA) is 141 Å². The SMILES string of the molecule is CC1CC1C#N.CN1CCC(CC#N)(n2cc(C(N)=O)c(NC=O)n2)C(F)C1. The molecule has 9 nitrogen and oxygen atoms in total. The first-order valence-corrected chi connectivity index (χ1v) is 8.98. The molecule has 3 N–H and O–H groups in total. The maximum Gasteiger partial charge on any atom is 0.254 e. The van der Waals surface area contributed by atoms with Gasteiger partial charge in [0.15, 0.2) is 5.82 Å². The monoisotopic (exact) mass is 389 g/mol. The molecule has 3 rings (SSSR count). The van der Waals surface area contributed by atoms with E-state index in [4.69, 9.17) is 16.3 Å². The van der Waals surface area contributed by atoms with Crippen molar-refractivity contribution in [2.24, 2.45) is 17.6 Å². The van der Waals surface area contributed by atoms with Gasteiger partial charge in [-0.3, -0.25) is 14.3 Å². The molecule has 0 radical (unpaired) electrons. The Morgan fingerprint density at radius 3 is 2.68 bits per heavy atom. The molecule has 1 saturated carbocycles. The lowest BCUT2D eigenvalue weighted by Crippen LogP contribution is -2.54. The summed E-state index contributed by atoms with van der Waals surface area (Å²) in [6.45, 7) is 2.85. The molecule has 4 atom stereocenters. The average Bonchev–Trinajstić information content (AvgIpc) is 3.20. The Kier molecular flexibility index (Phi) is 6.71. The first kappa shape index (κ1) is 21.3. The van der Waals surface area contributed by atoms with Crippen molar-refractivity contribution in [2.75, 3.05) is 25.5 Å². The van der Waals surface area contributed by atoms with Crippen LogP contribution in [0.5, 0.6) is 0 Å². The van der Waals surface area contributed by atoms with Crippen LogP contribution in [-0.4, -0.2) is 53.3 Å². The highest BCUT2D eigenvalue weighted by Crippen LogP contribution is 2.37. The van der Waals surface area contributed by atoms with Gasteiger partial charge < -0.3 is 16.0 Å². The summed E-state index contributed by atoms with van der Waals surface area (Å²) in [4.78, 5) is 23.9. The second kappa shape index (κ2) is 8.81. The third kappa shape index (κ3) is 4.46. The van der Waals surface area contributed by atoms with Crippen molar-refractivity contribution < 1.29 is 14.0 Å². The Hall–Kier alpha value is -2.98. The highest BCUT2D eigenvalue weighted by atomic mass is 19.1. The van der Waals surface area contributed by atoms with Gasteiger partial charge in [0.25, 0.3) is 5.91 Å². The number of nitriles is 2. The lowest BCUT2D eigenvalue weighted by atomic mass is 9.83.